The van der Waals surface area contributed by atoms with Gasteiger partial charge in [0, 0.05) is 0 Å². The third-order valence-electron chi connectivity index (χ3n) is 11.6. The van der Waals surface area contributed by atoms with E-state index in [4.69, 9.17) is 0 Å². The van der Waals surface area contributed by atoms with Gasteiger partial charge in [0.2, 0.25) is 5.91 Å². The van der Waals surface area contributed by atoms with E-state index in [-0.39, 0.29) is 6.61 Å². The zero-order valence-corrected chi connectivity index (χ0v) is 38.7. The Morgan fingerprint density at radius 1 is 0.414 bits per heavy atom. The zero-order valence-electron chi connectivity index (χ0n) is 38.7. The first kappa shape index (κ1) is 56.3. The molecule has 58 heavy (non-hydrogen) atoms. The highest BCUT2D eigenvalue weighted by Crippen LogP contribution is 2.16. The Balaban J connectivity index is 3.53. The quantitative estimate of drug-likeness (QED) is 0.0364. The minimum atomic E-state index is -1.11. The molecule has 0 heterocycles. The van der Waals surface area contributed by atoms with Gasteiger partial charge in [-0.2, -0.15) is 0 Å². The van der Waals surface area contributed by atoms with E-state index in [1.54, 1.807) is 6.08 Å². The van der Waals surface area contributed by atoms with Crippen LogP contribution in [-0.4, -0.2) is 46.1 Å². The SMILES string of the molecule is CCCC/C=C/CC/C=C/CC/C=C/C(O)C(CO)NC(=O)C(O)CCCCCCCCCCCCCCCCCC/C=C\CCCCCCCCCCCCCC. The van der Waals surface area contributed by atoms with E-state index in [1.807, 2.05) is 6.08 Å². The van der Waals surface area contributed by atoms with Crippen molar-refractivity contribution in [1.29, 1.82) is 0 Å². The van der Waals surface area contributed by atoms with Gasteiger partial charge in [0.05, 0.1) is 18.8 Å². The molecular formula is C53H99NO4. The topological polar surface area (TPSA) is 89.8 Å². The number of carbonyl (C=O) groups excluding carboxylic acids is 1. The number of aliphatic hydroxyl groups is 3. The summed E-state index contributed by atoms with van der Waals surface area (Å²) in [5, 5.41) is 33.1. The standard InChI is InChI=1S/C53H99NO4/c1-3-5-7-9-11-13-15-17-18-19-20-21-22-23-24-25-26-27-28-29-30-31-32-33-34-35-36-38-40-42-44-46-48-52(57)53(58)54-50(49-55)51(56)47-45-43-41-39-37-16-14-12-10-8-6-4-2/h10,12,23-24,37,39,45,47,50-52,55-57H,3-9,11,13-22,25-36,38,40-44,46,48-49H2,1-2H3,(H,54,58)/b12-10+,24-23-,39-37+,47-45+. The number of rotatable bonds is 46. The summed E-state index contributed by atoms with van der Waals surface area (Å²) in [5.74, 6) is -0.517. The van der Waals surface area contributed by atoms with E-state index in [2.05, 4.69) is 55.6 Å². The Hall–Kier alpha value is -1.69. The minimum absolute atomic E-state index is 0.381. The molecule has 340 valence electrons. The van der Waals surface area contributed by atoms with Gasteiger partial charge in [-0.3, -0.25) is 4.79 Å². The van der Waals surface area contributed by atoms with Crippen LogP contribution in [0.2, 0.25) is 0 Å². The first-order valence-corrected chi connectivity index (χ1v) is 25.5. The molecule has 5 nitrogen and oxygen atoms in total. The number of nitrogens with one attached hydrogen (secondary N) is 1. The Morgan fingerprint density at radius 2 is 0.724 bits per heavy atom. The molecule has 0 aliphatic carbocycles. The molecule has 0 aromatic rings. The molecule has 0 aliphatic heterocycles. The number of hydrogen-bond acceptors (Lipinski definition) is 4. The maximum atomic E-state index is 12.5. The van der Waals surface area contributed by atoms with Gasteiger partial charge in [0.25, 0.3) is 0 Å². The molecule has 5 heteroatoms. The monoisotopic (exact) mass is 814 g/mol. The average Bonchev–Trinajstić information content (AvgIpc) is 3.23. The van der Waals surface area contributed by atoms with Crippen molar-refractivity contribution in [2.75, 3.05) is 6.61 Å². The molecular weight excluding hydrogens is 715 g/mol. The van der Waals surface area contributed by atoms with Gasteiger partial charge in [-0.25, -0.2) is 0 Å². The van der Waals surface area contributed by atoms with Gasteiger partial charge in [0.15, 0.2) is 0 Å². The second-order valence-corrected chi connectivity index (χ2v) is 17.4. The van der Waals surface area contributed by atoms with Crippen molar-refractivity contribution >= 4 is 5.91 Å². The molecule has 0 aromatic heterocycles. The Morgan fingerprint density at radius 3 is 1.10 bits per heavy atom. The van der Waals surface area contributed by atoms with Crippen LogP contribution in [0.1, 0.15) is 258 Å². The normalized spacial score (nSPS) is 13.8. The van der Waals surface area contributed by atoms with Crippen LogP contribution < -0.4 is 5.32 Å². The number of amides is 1. The lowest BCUT2D eigenvalue weighted by molar-refractivity contribution is -0.131. The maximum Gasteiger partial charge on any atom is 0.249 e. The lowest BCUT2D eigenvalue weighted by Gasteiger charge is -2.21. The largest absolute Gasteiger partial charge is 0.394 e. The zero-order chi connectivity index (χ0) is 42.3. The summed E-state index contributed by atoms with van der Waals surface area (Å²) >= 11 is 0. The van der Waals surface area contributed by atoms with Crippen molar-refractivity contribution in [3.63, 3.8) is 0 Å². The van der Waals surface area contributed by atoms with Crippen LogP contribution in [0.15, 0.2) is 48.6 Å². The lowest BCUT2D eigenvalue weighted by Crippen LogP contribution is -2.48. The summed E-state index contributed by atoms with van der Waals surface area (Å²) in [6.07, 6.45) is 63.3. The van der Waals surface area contributed by atoms with Crippen LogP contribution >= 0.6 is 0 Å². The summed E-state index contributed by atoms with van der Waals surface area (Å²) in [6, 6.07) is -0.820. The Bertz CT molecular complexity index is 943. The molecule has 0 radical (unpaired) electrons. The highest BCUT2D eigenvalue weighted by Gasteiger charge is 2.22. The number of unbranched alkanes of at least 4 members (excludes halogenated alkanes) is 32. The van der Waals surface area contributed by atoms with E-state index in [9.17, 15) is 20.1 Å². The third-order valence-corrected chi connectivity index (χ3v) is 11.6. The number of allylic oxidation sites excluding steroid dienone is 7. The Kier molecular flexibility index (Phi) is 46.6. The third kappa shape index (κ3) is 42.4. The molecule has 0 aliphatic rings. The molecule has 0 saturated carbocycles. The fourth-order valence-corrected chi connectivity index (χ4v) is 7.61. The molecule has 3 unspecified atom stereocenters. The minimum Gasteiger partial charge on any atom is -0.394 e. The van der Waals surface area contributed by atoms with E-state index in [0.717, 1.165) is 44.9 Å². The van der Waals surface area contributed by atoms with Gasteiger partial charge >= 0.3 is 0 Å². The molecule has 0 bridgehead atoms. The van der Waals surface area contributed by atoms with Crippen LogP contribution in [0, 0.1) is 0 Å². The first-order chi connectivity index (χ1) is 28.6. The smallest absolute Gasteiger partial charge is 0.249 e. The van der Waals surface area contributed by atoms with Gasteiger partial charge in [-0.05, 0) is 64.2 Å². The van der Waals surface area contributed by atoms with E-state index < -0.39 is 24.2 Å². The average molecular weight is 814 g/mol. The van der Waals surface area contributed by atoms with Gasteiger partial charge in [0.1, 0.15) is 6.10 Å². The van der Waals surface area contributed by atoms with Crippen molar-refractivity contribution in [1.82, 2.24) is 5.32 Å². The van der Waals surface area contributed by atoms with Crippen LogP contribution in [-0.2, 0) is 4.79 Å². The molecule has 0 spiro atoms. The molecule has 0 saturated heterocycles. The second kappa shape index (κ2) is 48.0. The summed E-state index contributed by atoms with van der Waals surface area (Å²) in [4.78, 5) is 12.5. The van der Waals surface area contributed by atoms with E-state index >= 15 is 0 Å². The van der Waals surface area contributed by atoms with Crippen LogP contribution in [0.3, 0.4) is 0 Å². The fraction of sp³-hybridized carbons (Fsp3) is 0.830. The predicted molar refractivity (Wildman–Crippen MR) is 254 cm³/mol. The molecule has 3 atom stereocenters. The summed E-state index contributed by atoms with van der Waals surface area (Å²) in [7, 11) is 0. The lowest BCUT2D eigenvalue weighted by atomic mass is 10.0. The molecule has 0 aromatic carbocycles. The van der Waals surface area contributed by atoms with Crippen molar-refractivity contribution in [2.24, 2.45) is 0 Å². The fourth-order valence-electron chi connectivity index (χ4n) is 7.61. The van der Waals surface area contributed by atoms with Crippen LogP contribution in [0.4, 0.5) is 0 Å². The highest BCUT2D eigenvalue weighted by atomic mass is 16.3. The molecule has 0 fully saturated rings. The van der Waals surface area contributed by atoms with E-state index in [0.29, 0.717) is 6.42 Å². The van der Waals surface area contributed by atoms with Crippen molar-refractivity contribution in [3.05, 3.63) is 48.6 Å². The van der Waals surface area contributed by atoms with Crippen LogP contribution in [0.25, 0.3) is 0 Å². The van der Waals surface area contributed by atoms with Gasteiger partial charge in [-0.1, -0.05) is 242 Å². The van der Waals surface area contributed by atoms with Crippen molar-refractivity contribution in [3.8, 4) is 0 Å². The highest BCUT2D eigenvalue weighted by molar-refractivity contribution is 5.80. The summed E-state index contributed by atoms with van der Waals surface area (Å²) in [5.41, 5.74) is 0. The summed E-state index contributed by atoms with van der Waals surface area (Å²) < 4.78 is 0. The van der Waals surface area contributed by atoms with Gasteiger partial charge < -0.3 is 20.6 Å². The van der Waals surface area contributed by atoms with Gasteiger partial charge in [-0.15, -0.1) is 0 Å². The number of hydrogen-bond donors (Lipinski definition) is 4. The second-order valence-electron chi connectivity index (χ2n) is 17.4. The van der Waals surface area contributed by atoms with Crippen molar-refractivity contribution < 1.29 is 20.1 Å². The van der Waals surface area contributed by atoms with E-state index in [1.165, 1.54) is 193 Å². The van der Waals surface area contributed by atoms with Crippen LogP contribution in [0.5, 0.6) is 0 Å². The number of carbonyl (C=O) groups is 1. The number of aliphatic hydroxyl groups excluding tert-OH is 3. The molecule has 4 N–H and O–H groups in total. The molecule has 1 amide bonds. The maximum absolute atomic E-state index is 12.5. The summed E-state index contributed by atoms with van der Waals surface area (Å²) in [6.45, 7) is 4.12. The first-order valence-electron chi connectivity index (χ1n) is 25.5. The predicted octanol–water partition coefficient (Wildman–Crippen LogP) is 15.3. The Labute approximate surface area is 361 Å². The van der Waals surface area contributed by atoms with Crippen molar-refractivity contribution in [2.45, 2.75) is 276 Å². The molecule has 0 rings (SSSR count).